The van der Waals surface area contributed by atoms with E-state index in [4.69, 9.17) is 23.2 Å². The molecule has 0 bridgehead atoms. The van der Waals surface area contributed by atoms with Crippen LogP contribution < -0.4 is 0 Å². The third-order valence-corrected chi connectivity index (χ3v) is 3.46. The SMILES string of the molecule is O=C(O)C(O)(c1ccccc1)c1c(Cl)cccc1Cl. The number of carboxylic acid groups (broad SMARTS) is 1. The van der Waals surface area contributed by atoms with Crippen LogP contribution in [0.5, 0.6) is 0 Å². The fraction of sp³-hybridized carbons (Fsp3) is 0.0714. The van der Waals surface area contributed by atoms with Gasteiger partial charge in [-0.25, -0.2) is 4.79 Å². The lowest BCUT2D eigenvalue weighted by Gasteiger charge is -2.26. The highest BCUT2D eigenvalue weighted by molar-refractivity contribution is 6.36. The van der Waals surface area contributed by atoms with Crippen LogP contribution in [0.3, 0.4) is 0 Å². The maximum atomic E-state index is 11.6. The van der Waals surface area contributed by atoms with Crippen molar-refractivity contribution in [1.82, 2.24) is 0 Å². The average molecular weight is 297 g/mol. The molecule has 0 aromatic heterocycles. The van der Waals surface area contributed by atoms with Gasteiger partial charge in [-0.3, -0.25) is 0 Å². The number of halogens is 2. The first-order valence-electron chi connectivity index (χ1n) is 5.43. The second-order valence-electron chi connectivity index (χ2n) is 3.98. The quantitative estimate of drug-likeness (QED) is 0.913. The van der Waals surface area contributed by atoms with E-state index in [1.54, 1.807) is 24.3 Å². The molecule has 19 heavy (non-hydrogen) atoms. The normalized spacial score (nSPS) is 13.8. The fourth-order valence-corrected chi connectivity index (χ4v) is 2.57. The van der Waals surface area contributed by atoms with Gasteiger partial charge >= 0.3 is 5.97 Å². The minimum Gasteiger partial charge on any atom is -0.479 e. The molecule has 0 saturated carbocycles. The van der Waals surface area contributed by atoms with Crippen molar-refractivity contribution in [2.75, 3.05) is 0 Å². The molecule has 2 N–H and O–H groups in total. The lowest BCUT2D eigenvalue weighted by molar-refractivity contribution is -0.155. The van der Waals surface area contributed by atoms with Crippen LogP contribution in [0.1, 0.15) is 11.1 Å². The Morgan fingerprint density at radius 3 is 1.95 bits per heavy atom. The van der Waals surface area contributed by atoms with Crippen LogP contribution in [0.4, 0.5) is 0 Å². The lowest BCUT2D eigenvalue weighted by atomic mass is 9.86. The first kappa shape index (κ1) is 13.9. The van der Waals surface area contributed by atoms with Crippen LogP contribution >= 0.6 is 23.2 Å². The Hall–Kier alpha value is -1.55. The molecule has 0 saturated heterocycles. The molecule has 0 spiro atoms. The van der Waals surface area contributed by atoms with Crippen molar-refractivity contribution >= 4 is 29.2 Å². The zero-order valence-electron chi connectivity index (χ0n) is 9.68. The fourth-order valence-electron chi connectivity index (χ4n) is 1.90. The molecule has 2 rings (SSSR count). The average Bonchev–Trinajstić information content (AvgIpc) is 2.39. The summed E-state index contributed by atoms with van der Waals surface area (Å²) in [6, 6.07) is 12.6. The van der Waals surface area contributed by atoms with Gasteiger partial charge in [-0.15, -0.1) is 0 Å². The molecule has 2 aromatic carbocycles. The van der Waals surface area contributed by atoms with Crippen molar-refractivity contribution in [3.05, 3.63) is 69.7 Å². The van der Waals surface area contributed by atoms with E-state index in [-0.39, 0.29) is 21.2 Å². The summed E-state index contributed by atoms with van der Waals surface area (Å²) in [5.41, 5.74) is -2.12. The highest BCUT2D eigenvalue weighted by Gasteiger charge is 2.43. The molecule has 2 aromatic rings. The summed E-state index contributed by atoms with van der Waals surface area (Å²) in [7, 11) is 0. The minimum atomic E-state index is -2.28. The topological polar surface area (TPSA) is 57.5 Å². The van der Waals surface area contributed by atoms with Crippen LogP contribution in [-0.2, 0) is 10.4 Å². The van der Waals surface area contributed by atoms with E-state index in [1.165, 1.54) is 24.3 Å². The van der Waals surface area contributed by atoms with Crippen molar-refractivity contribution in [3.8, 4) is 0 Å². The standard InChI is InChI=1S/C14H10Cl2O3/c15-10-7-4-8-11(16)12(10)14(19,13(17)18)9-5-2-1-3-6-9/h1-8,19H,(H,17,18). The van der Waals surface area contributed by atoms with Crippen molar-refractivity contribution in [1.29, 1.82) is 0 Å². The predicted octanol–water partition coefficient (Wildman–Crippen LogP) is 3.31. The van der Waals surface area contributed by atoms with Gasteiger partial charge in [0, 0.05) is 15.6 Å². The number of carbonyl (C=O) groups is 1. The van der Waals surface area contributed by atoms with Crippen molar-refractivity contribution in [2.45, 2.75) is 5.60 Å². The molecule has 1 atom stereocenters. The molecule has 0 aliphatic rings. The summed E-state index contributed by atoms with van der Waals surface area (Å²) < 4.78 is 0. The molecule has 98 valence electrons. The molecule has 3 nitrogen and oxygen atoms in total. The molecule has 0 heterocycles. The molecular formula is C14H10Cl2O3. The summed E-state index contributed by atoms with van der Waals surface area (Å²) >= 11 is 12.0. The van der Waals surface area contributed by atoms with Crippen LogP contribution in [0.15, 0.2) is 48.5 Å². The van der Waals surface area contributed by atoms with Crippen molar-refractivity contribution < 1.29 is 15.0 Å². The van der Waals surface area contributed by atoms with Gasteiger partial charge in [-0.2, -0.15) is 0 Å². The molecule has 1 unspecified atom stereocenters. The zero-order chi connectivity index (χ0) is 14.0. The third-order valence-electron chi connectivity index (χ3n) is 2.83. The van der Waals surface area contributed by atoms with E-state index >= 15 is 0 Å². The molecule has 5 heteroatoms. The maximum absolute atomic E-state index is 11.6. The van der Waals surface area contributed by atoms with E-state index in [1.807, 2.05) is 0 Å². The molecular weight excluding hydrogens is 287 g/mol. The van der Waals surface area contributed by atoms with E-state index in [0.29, 0.717) is 0 Å². The largest absolute Gasteiger partial charge is 0.479 e. The smallest absolute Gasteiger partial charge is 0.345 e. The Balaban J connectivity index is 2.75. The van der Waals surface area contributed by atoms with E-state index in [2.05, 4.69) is 0 Å². The van der Waals surface area contributed by atoms with Gasteiger partial charge in [0.05, 0.1) is 0 Å². The van der Waals surface area contributed by atoms with Crippen LogP contribution in [0.2, 0.25) is 10.0 Å². The monoisotopic (exact) mass is 296 g/mol. The minimum absolute atomic E-state index is 0.0305. The van der Waals surface area contributed by atoms with Crippen LogP contribution in [0, 0.1) is 0 Å². The predicted molar refractivity (Wildman–Crippen MR) is 73.5 cm³/mol. The molecule has 0 aliphatic carbocycles. The Morgan fingerprint density at radius 1 is 0.947 bits per heavy atom. The maximum Gasteiger partial charge on any atom is 0.345 e. The number of aliphatic hydroxyl groups is 1. The number of aliphatic carboxylic acids is 1. The van der Waals surface area contributed by atoms with Gasteiger partial charge in [0.1, 0.15) is 0 Å². The number of hydrogen-bond acceptors (Lipinski definition) is 2. The first-order chi connectivity index (χ1) is 8.98. The Kier molecular flexibility index (Phi) is 3.80. The Bertz CT molecular complexity index is 593. The van der Waals surface area contributed by atoms with Crippen molar-refractivity contribution in [2.24, 2.45) is 0 Å². The highest BCUT2D eigenvalue weighted by atomic mass is 35.5. The van der Waals surface area contributed by atoms with Gasteiger partial charge < -0.3 is 10.2 Å². The van der Waals surface area contributed by atoms with Gasteiger partial charge in [-0.05, 0) is 17.7 Å². The van der Waals surface area contributed by atoms with E-state index < -0.39 is 11.6 Å². The summed E-state index contributed by atoms with van der Waals surface area (Å²) in [5.74, 6) is -1.44. The van der Waals surface area contributed by atoms with E-state index in [0.717, 1.165) is 0 Å². The van der Waals surface area contributed by atoms with Crippen molar-refractivity contribution in [3.63, 3.8) is 0 Å². The third kappa shape index (κ3) is 2.32. The summed E-state index contributed by atoms with van der Waals surface area (Å²) in [5, 5.41) is 20.2. The van der Waals surface area contributed by atoms with Gasteiger partial charge in [0.2, 0.25) is 5.60 Å². The van der Waals surface area contributed by atoms with Gasteiger partial charge in [-0.1, -0.05) is 59.6 Å². The highest BCUT2D eigenvalue weighted by Crippen LogP contribution is 2.39. The summed E-state index contributed by atoms with van der Waals surface area (Å²) in [4.78, 5) is 11.6. The van der Waals surface area contributed by atoms with Crippen LogP contribution in [0.25, 0.3) is 0 Å². The summed E-state index contributed by atoms with van der Waals surface area (Å²) in [6.45, 7) is 0. The second-order valence-corrected chi connectivity index (χ2v) is 4.79. The Morgan fingerprint density at radius 2 is 1.47 bits per heavy atom. The van der Waals surface area contributed by atoms with Crippen LogP contribution in [-0.4, -0.2) is 16.2 Å². The zero-order valence-corrected chi connectivity index (χ0v) is 11.2. The number of rotatable bonds is 3. The number of hydrogen-bond donors (Lipinski definition) is 2. The lowest BCUT2D eigenvalue weighted by Crippen LogP contribution is -2.37. The molecule has 0 fully saturated rings. The number of benzene rings is 2. The van der Waals surface area contributed by atoms with Gasteiger partial charge in [0.25, 0.3) is 0 Å². The number of carboxylic acids is 1. The first-order valence-corrected chi connectivity index (χ1v) is 6.19. The summed E-state index contributed by atoms with van der Waals surface area (Å²) in [6.07, 6.45) is 0. The molecule has 0 aliphatic heterocycles. The van der Waals surface area contributed by atoms with E-state index in [9.17, 15) is 15.0 Å². The molecule has 0 amide bonds. The molecule has 0 radical (unpaired) electrons. The second kappa shape index (κ2) is 5.21. The van der Waals surface area contributed by atoms with Gasteiger partial charge in [0.15, 0.2) is 0 Å². The Labute approximate surface area is 120 Å².